The normalized spacial score (nSPS) is 45.2. The van der Waals surface area contributed by atoms with Crippen LogP contribution >= 0.6 is 0 Å². The first-order valence-electron chi connectivity index (χ1n) is 17.6. The van der Waals surface area contributed by atoms with Gasteiger partial charge in [0.05, 0.1) is 11.8 Å². The molecule has 0 unspecified atom stereocenters. The van der Waals surface area contributed by atoms with Gasteiger partial charge in [0.1, 0.15) is 6.10 Å². The number of esters is 1. The lowest BCUT2D eigenvalue weighted by atomic mass is 9.32. The summed E-state index contributed by atoms with van der Waals surface area (Å²) in [4.78, 5) is 24.7. The monoisotopic (exact) mass is 597 g/mol. The summed E-state index contributed by atoms with van der Waals surface area (Å²) in [6, 6.07) is 0. The van der Waals surface area contributed by atoms with Crippen molar-refractivity contribution in [1.82, 2.24) is 5.32 Å². The molecule has 5 heteroatoms. The Bertz CT molecular complexity index is 1130. The number of ether oxygens (including phenoxy) is 1. The summed E-state index contributed by atoms with van der Waals surface area (Å²) in [6.07, 6.45) is 13.6. The lowest BCUT2D eigenvalue weighted by Crippen LogP contribution is -2.66. The number of hydrogen-bond donors (Lipinski definition) is 2. The van der Waals surface area contributed by atoms with Crippen LogP contribution in [0.25, 0.3) is 0 Å². The second-order valence-corrected chi connectivity index (χ2v) is 18.1. The molecule has 2 N–H and O–H groups in total. The molecule has 0 aromatic heterocycles. The summed E-state index contributed by atoms with van der Waals surface area (Å²) < 4.78 is 6.16. The van der Waals surface area contributed by atoms with Crippen molar-refractivity contribution in [3.8, 4) is 0 Å². The van der Waals surface area contributed by atoms with Crippen molar-refractivity contribution in [2.75, 3.05) is 13.6 Å². The first kappa shape index (κ1) is 33.0. The Kier molecular flexibility index (Phi) is 8.35. The first-order valence-corrected chi connectivity index (χ1v) is 17.6. The first-order chi connectivity index (χ1) is 19.9. The molecule has 0 aromatic rings. The predicted octanol–water partition coefficient (Wildman–Crippen LogP) is 8.67. The van der Waals surface area contributed by atoms with Gasteiger partial charge in [-0.1, -0.05) is 46.8 Å². The molecule has 0 radical (unpaired) electrons. The molecule has 5 rings (SSSR count). The summed E-state index contributed by atoms with van der Waals surface area (Å²) in [7, 11) is 2.11. The average molecular weight is 598 g/mol. The van der Waals surface area contributed by atoms with Gasteiger partial charge in [-0.05, 0) is 156 Å². The number of carbonyl (C=O) groups is 2. The van der Waals surface area contributed by atoms with Crippen LogP contribution in [-0.4, -0.2) is 36.7 Å². The summed E-state index contributed by atoms with van der Waals surface area (Å²) in [5, 5.41) is 13.0. The van der Waals surface area contributed by atoms with Crippen LogP contribution in [0, 0.1) is 62.1 Å². The molecule has 244 valence electrons. The molecule has 0 aromatic carbocycles. The molecule has 5 aliphatic carbocycles. The SMILES string of the molecule is C=C(C)[C@@H]1CC[C@]2(CCNC)CC[C@]3(C)[C@H](CC[C@@H]4[C@@]5(C)CC[C@H](OC(=O)CC(C)(C)C(=O)O)C(C)(C)[C@@H]5CC[C@]43C)[C@@H]12. The highest BCUT2D eigenvalue weighted by molar-refractivity contribution is 5.81. The Morgan fingerprint density at radius 3 is 2.23 bits per heavy atom. The average Bonchev–Trinajstić information content (AvgIpc) is 3.29. The van der Waals surface area contributed by atoms with Crippen molar-refractivity contribution < 1.29 is 19.4 Å². The molecular formula is C38H63NO4. The van der Waals surface area contributed by atoms with Gasteiger partial charge < -0.3 is 15.2 Å². The molecular weight excluding hydrogens is 534 g/mol. The zero-order valence-corrected chi connectivity index (χ0v) is 29.0. The lowest BCUT2D eigenvalue weighted by Gasteiger charge is -2.73. The predicted molar refractivity (Wildman–Crippen MR) is 173 cm³/mol. The number of hydrogen-bond acceptors (Lipinski definition) is 4. The maximum Gasteiger partial charge on any atom is 0.309 e. The number of carboxylic acids is 1. The van der Waals surface area contributed by atoms with Gasteiger partial charge in [-0.25, -0.2) is 0 Å². The van der Waals surface area contributed by atoms with Gasteiger partial charge in [0.25, 0.3) is 0 Å². The highest BCUT2D eigenvalue weighted by Crippen LogP contribution is 2.78. The zero-order valence-electron chi connectivity index (χ0n) is 29.0. The zero-order chi connectivity index (χ0) is 31.8. The van der Waals surface area contributed by atoms with Crippen LogP contribution in [0.5, 0.6) is 0 Å². The van der Waals surface area contributed by atoms with Gasteiger partial charge in [0.2, 0.25) is 0 Å². The molecule has 0 heterocycles. The highest BCUT2D eigenvalue weighted by atomic mass is 16.5. The molecule has 10 atom stereocenters. The minimum absolute atomic E-state index is 0.0839. The number of carboxylic acid groups (broad SMARTS) is 1. The van der Waals surface area contributed by atoms with Crippen molar-refractivity contribution in [2.45, 2.75) is 139 Å². The van der Waals surface area contributed by atoms with Gasteiger partial charge in [-0.2, -0.15) is 0 Å². The molecule has 5 saturated carbocycles. The van der Waals surface area contributed by atoms with E-state index < -0.39 is 11.4 Å². The molecule has 0 bridgehead atoms. The van der Waals surface area contributed by atoms with Crippen LogP contribution in [0.1, 0.15) is 132 Å². The van der Waals surface area contributed by atoms with E-state index in [0.717, 1.165) is 31.2 Å². The van der Waals surface area contributed by atoms with E-state index in [0.29, 0.717) is 34.0 Å². The Morgan fingerprint density at radius 2 is 1.60 bits per heavy atom. The van der Waals surface area contributed by atoms with E-state index in [2.05, 4.69) is 60.5 Å². The smallest absolute Gasteiger partial charge is 0.309 e. The third-order valence-electron chi connectivity index (χ3n) is 15.5. The number of allylic oxidation sites excluding steroid dienone is 1. The van der Waals surface area contributed by atoms with Crippen molar-refractivity contribution >= 4 is 11.9 Å². The van der Waals surface area contributed by atoms with E-state index in [-0.39, 0.29) is 29.3 Å². The van der Waals surface area contributed by atoms with Gasteiger partial charge >= 0.3 is 11.9 Å². The second-order valence-electron chi connectivity index (χ2n) is 18.1. The Morgan fingerprint density at radius 1 is 0.907 bits per heavy atom. The van der Waals surface area contributed by atoms with Gasteiger partial charge in [0.15, 0.2) is 0 Å². The van der Waals surface area contributed by atoms with Gasteiger partial charge in [0, 0.05) is 5.41 Å². The molecule has 43 heavy (non-hydrogen) atoms. The van der Waals surface area contributed by atoms with E-state index in [9.17, 15) is 14.7 Å². The molecule has 0 saturated heterocycles. The second kappa shape index (κ2) is 10.9. The summed E-state index contributed by atoms with van der Waals surface area (Å²) in [5.41, 5.74) is 1.51. The standard InChI is InChI=1S/C38H63NO4/c1-24(2)25-13-18-38(21-22-39-10)20-19-36(8)26(31(25)38)11-12-28-35(7)16-15-29(43-30(40)23-33(3,4)32(41)42)34(5,6)27(35)14-17-37(28,36)9/h25-29,31,39H,1,11-23H2,2-10H3,(H,41,42)/t25-,26+,27-,28+,29-,31+,35-,36+,37+,38+/m0/s1. The van der Waals surface area contributed by atoms with Gasteiger partial charge in [-0.3, -0.25) is 9.59 Å². The van der Waals surface area contributed by atoms with E-state index in [4.69, 9.17) is 4.74 Å². The van der Waals surface area contributed by atoms with Crippen molar-refractivity contribution in [3.63, 3.8) is 0 Å². The molecule has 5 aliphatic rings. The quantitative estimate of drug-likeness (QED) is 0.216. The summed E-state index contributed by atoms with van der Waals surface area (Å²) in [5.74, 6) is 2.05. The Hall–Kier alpha value is -1.36. The number of aliphatic carboxylic acids is 1. The molecule has 5 nitrogen and oxygen atoms in total. The maximum atomic E-state index is 13.0. The van der Waals surface area contributed by atoms with Crippen LogP contribution in [0.4, 0.5) is 0 Å². The Labute approximate surface area is 262 Å². The van der Waals surface area contributed by atoms with Gasteiger partial charge in [-0.15, -0.1) is 0 Å². The third-order valence-corrected chi connectivity index (χ3v) is 15.5. The fourth-order valence-corrected chi connectivity index (χ4v) is 12.9. The molecule has 5 fully saturated rings. The van der Waals surface area contributed by atoms with Crippen molar-refractivity contribution in [2.24, 2.45) is 62.1 Å². The van der Waals surface area contributed by atoms with Crippen LogP contribution < -0.4 is 5.32 Å². The maximum absolute atomic E-state index is 13.0. The van der Waals surface area contributed by atoms with Crippen molar-refractivity contribution in [3.05, 3.63) is 12.2 Å². The van der Waals surface area contributed by atoms with Crippen LogP contribution in [0.3, 0.4) is 0 Å². The fraction of sp³-hybridized carbons (Fsp3) is 0.895. The van der Waals surface area contributed by atoms with Crippen molar-refractivity contribution in [1.29, 1.82) is 0 Å². The van der Waals surface area contributed by atoms with E-state index in [1.54, 1.807) is 13.8 Å². The van der Waals surface area contributed by atoms with Crippen LogP contribution in [0.2, 0.25) is 0 Å². The van der Waals surface area contributed by atoms with E-state index in [1.807, 2.05) is 0 Å². The number of carbonyl (C=O) groups excluding carboxylic acids is 1. The Balaban J connectivity index is 1.41. The summed E-state index contributed by atoms with van der Waals surface area (Å²) in [6.45, 7) is 23.9. The van der Waals surface area contributed by atoms with Crippen LogP contribution in [-0.2, 0) is 14.3 Å². The van der Waals surface area contributed by atoms with E-state index in [1.165, 1.54) is 63.4 Å². The van der Waals surface area contributed by atoms with Crippen LogP contribution in [0.15, 0.2) is 12.2 Å². The molecule has 0 spiro atoms. The topological polar surface area (TPSA) is 75.6 Å². The summed E-state index contributed by atoms with van der Waals surface area (Å²) >= 11 is 0. The largest absolute Gasteiger partial charge is 0.481 e. The lowest BCUT2D eigenvalue weighted by molar-refractivity contribution is -0.250. The number of fused-ring (bicyclic) bond motifs is 7. The van der Waals surface area contributed by atoms with E-state index >= 15 is 0 Å². The molecule has 0 aliphatic heterocycles. The molecule has 0 amide bonds. The third kappa shape index (κ3) is 4.87. The number of nitrogens with one attached hydrogen (secondary N) is 1. The fourth-order valence-electron chi connectivity index (χ4n) is 12.9. The minimum Gasteiger partial charge on any atom is -0.481 e. The number of rotatable bonds is 8. The highest BCUT2D eigenvalue weighted by Gasteiger charge is 2.71. The minimum atomic E-state index is -1.11.